The molecule has 20 heavy (non-hydrogen) atoms. The summed E-state index contributed by atoms with van der Waals surface area (Å²) < 4.78 is 28.9. The SMILES string of the molecule is CCCn1ncc(Cl)c1C(NN)c1cccc(F)c1F. The largest absolute Gasteiger partial charge is 0.271 e. The van der Waals surface area contributed by atoms with Gasteiger partial charge in [0.25, 0.3) is 0 Å². The molecule has 0 aliphatic heterocycles. The van der Waals surface area contributed by atoms with Crippen molar-refractivity contribution in [3.63, 3.8) is 0 Å². The highest BCUT2D eigenvalue weighted by Crippen LogP contribution is 2.30. The standard InChI is InChI=1S/C13H15ClF2N4/c1-2-6-20-13(9(14)7-18-20)12(19-17)8-4-3-5-10(15)11(8)16/h3-5,7,12,19H,2,6,17H2,1H3. The maximum atomic E-state index is 13.9. The zero-order valence-corrected chi connectivity index (χ0v) is 11.7. The highest BCUT2D eigenvalue weighted by Gasteiger charge is 2.24. The van der Waals surface area contributed by atoms with Gasteiger partial charge in [-0.05, 0) is 12.5 Å². The summed E-state index contributed by atoms with van der Waals surface area (Å²) in [5.41, 5.74) is 3.08. The number of nitrogens with one attached hydrogen (secondary N) is 1. The molecular formula is C13H15ClF2N4. The number of nitrogens with two attached hydrogens (primary N) is 1. The Morgan fingerprint density at radius 2 is 2.20 bits per heavy atom. The normalized spacial score (nSPS) is 12.7. The lowest BCUT2D eigenvalue weighted by molar-refractivity contribution is 0.468. The summed E-state index contributed by atoms with van der Waals surface area (Å²) in [5, 5.41) is 4.48. The molecule has 0 saturated carbocycles. The molecule has 0 amide bonds. The molecule has 1 atom stereocenters. The van der Waals surface area contributed by atoms with Crippen molar-refractivity contribution < 1.29 is 8.78 Å². The van der Waals surface area contributed by atoms with Crippen LogP contribution >= 0.6 is 11.6 Å². The Balaban J connectivity index is 2.52. The van der Waals surface area contributed by atoms with Gasteiger partial charge in [0.2, 0.25) is 0 Å². The molecule has 3 N–H and O–H groups in total. The lowest BCUT2D eigenvalue weighted by Crippen LogP contribution is -2.32. The molecule has 0 spiro atoms. The molecular weight excluding hydrogens is 286 g/mol. The van der Waals surface area contributed by atoms with Gasteiger partial charge in [0.05, 0.1) is 23.0 Å². The molecule has 1 aromatic carbocycles. The summed E-state index contributed by atoms with van der Waals surface area (Å²) in [4.78, 5) is 0. The Bertz CT molecular complexity index is 600. The predicted octanol–water partition coefficient (Wildman–Crippen LogP) is 2.78. The Labute approximate surface area is 120 Å². The molecule has 0 radical (unpaired) electrons. The molecule has 0 aliphatic rings. The predicted molar refractivity (Wildman–Crippen MR) is 73.1 cm³/mol. The van der Waals surface area contributed by atoms with Crippen LogP contribution in [0.5, 0.6) is 0 Å². The van der Waals surface area contributed by atoms with Crippen molar-refractivity contribution >= 4 is 11.6 Å². The number of aromatic nitrogens is 2. The first-order valence-corrected chi connectivity index (χ1v) is 6.59. The molecule has 1 aromatic heterocycles. The summed E-state index contributed by atoms with van der Waals surface area (Å²) >= 11 is 6.10. The van der Waals surface area contributed by atoms with Crippen LogP contribution in [0.2, 0.25) is 5.02 Å². The summed E-state index contributed by atoms with van der Waals surface area (Å²) in [6.07, 6.45) is 2.29. The fraction of sp³-hybridized carbons (Fsp3) is 0.308. The maximum Gasteiger partial charge on any atom is 0.164 e. The third kappa shape index (κ3) is 2.67. The van der Waals surface area contributed by atoms with E-state index in [4.69, 9.17) is 17.4 Å². The van der Waals surface area contributed by atoms with Crippen molar-refractivity contribution in [2.45, 2.75) is 25.9 Å². The number of hydrogen-bond donors (Lipinski definition) is 2. The van der Waals surface area contributed by atoms with Gasteiger partial charge in [0.1, 0.15) is 0 Å². The zero-order chi connectivity index (χ0) is 14.7. The van der Waals surface area contributed by atoms with E-state index in [-0.39, 0.29) is 5.56 Å². The van der Waals surface area contributed by atoms with Crippen LogP contribution in [-0.2, 0) is 6.54 Å². The summed E-state index contributed by atoms with van der Waals surface area (Å²) in [6, 6.07) is 3.17. The smallest absolute Gasteiger partial charge is 0.164 e. The average Bonchev–Trinajstić information content (AvgIpc) is 2.78. The monoisotopic (exact) mass is 300 g/mol. The number of halogens is 3. The fourth-order valence-corrected chi connectivity index (χ4v) is 2.36. The molecule has 4 nitrogen and oxygen atoms in total. The molecule has 2 aromatic rings. The topological polar surface area (TPSA) is 55.9 Å². The molecule has 0 saturated heterocycles. The van der Waals surface area contributed by atoms with E-state index in [2.05, 4.69) is 10.5 Å². The van der Waals surface area contributed by atoms with Gasteiger partial charge >= 0.3 is 0 Å². The van der Waals surface area contributed by atoms with Crippen molar-refractivity contribution in [3.8, 4) is 0 Å². The number of nitrogens with zero attached hydrogens (tertiary/aromatic N) is 2. The van der Waals surface area contributed by atoms with Gasteiger partial charge in [-0.3, -0.25) is 10.5 Å². The number of rotatable bonds is 5. The van der Waals surface area contributed by atoms with Crippen molar-refractivity contribution in [1.29, 1.82) is 0 Å². The van der Waals surface area contributed by atoms with Gasteiger partial charge in [-0.1, -0.05) is 30.7 Å². The van der Waals surface area contributed by atoms with Crippen LogP contribution in [0.3, 0.4) is 0 Å². The van der Waals surface area contributed by atoms with Crippen molar-refractivity contribution in [2.75, 3.05) is 0 Å². The summed E-state index contributed by atoms with van der Waals surface area (Å²) in [6.45, 7) is 2.59. The van der Waals surface area contributed by atoms with E-state index in [0.717, 1.165) is 12.5 Å². The van der Waals surface area contributed by atoms with E-state index in [1.165, 1.54) is 18.3 Å². The second-order valence-corrected chi connectivity index (χ2v) is 4.75. The summed E-state index contributed by atoms with van der Waals surface area (Å²) in [7, 11) is 0. The van der Waals surface area contributed by atoms with E-state index in [0.29, 0.717) is 17.3 Å². The Morgan fingerprint density at radius 3 is 2.85 bits per heavy atom. The highest BCUT2D eigenvalue weighted by atomic mass is 35.5. The van der Waals surface area contributed by atoms with Crippen LogP contribution in [0.1, 0.15) is 30.6 Å². The Hall–Kier alpha value is -1.50. The number of aryl methyl sites for hydroxylation is 1. The fourth-order valence-electron chi connectivity index (χ4n) is 2.11. The van der Waals surface area contributed by atoms with E-state index < -0.39 is 17.7 Å². The molecule has 0 fully saturated rings. The second kappa shape index (κ2) is 6.30. The lowest BCUT2D eigenvalue weighted by atomic mass is 10.0. The van der Waals surface area contributed by atoms with Crippen molar-refractivity contribution in [1.82, 2.24) is 15.2 Å². The zero-order valence-electron chi connectivity index (χ0n) is 10.9. The number of benzene rings is 1. The summed E-state index contributed by atoms with van der Waals surface area (Å²) in [5.74, 6) is 3.63. The van der Waals surface area contributed by atoms with Crippen molar-refractivity contribution in [2.24, 2.45) is 5.84 Å². The first kappa shape index (κ1) is 14.9. The van der Waals surface area contributed by atoms with Gasteiger partial charge < -0.3 is 0 Å². The van der Waals surface area contributed by atoms with Gasteiger partial charge in [0, 0.05) is 12.1 Å². The van der Waals surface area contributed by atoms with Crippen LogP contribution in [0.25, 0.3) is 0 Å². The van der Waals surface area contributed by atoms with E-state index in [1.807, 2.05) is 6.92 Å². The Kier molecular flexibility index (Phi) is 4.69. The van der Waals surface area contributed by atoms with E-state index in [9.17, 15) is 8.78 Å². The minimum absolute atomic E-state index is 0.0900. The molecule has 2 rings (SSSR count). The van der Waals surface area contributed by atoms with E-state index in [1.54, 1.807) is 4.68 Å². The maximum absolute atomic E-state index is 13.9. The van der Waals surface area contributed by atoms with Crippen LogP contribution in [0, 0.1) is 11.6 Å². The lowest BCUT2D eigenvalue weighted by Gasteiger charge is -2.19. The molecule has 7 heteroatoms. The Morgan fingerprint density at radius 1 is 1.45 bits per heavy atom. The second-order valence-electron chi connectivity index (χ2n) is 4.34. The van der Waals surface area contributed by atoms with Crippen molar-refractivity contribution in [3.05, 3.63) is 52.3 Å². The molecule has 0 bridgehead atoms. The third-order valence-electron chi connectivity index (χ3n) is 3.00. The van der Waals surface area contributed by atoms with Gasteiger partial charge in [-0.15, -0.1) is 0 Å². The molecule has 1 heterocycles. The van der Waals surface area contributed by atoms with Crippen LogP contribution in [-0.4, -0.2) is 9.78 Å². The van der Waals surface area contributed by atoms with Gasteiger partial charge in [-0.25, -0.2) is 14.2 Å². The highest BCUT2D eigenvalue weighted by molar-refractivity contribution is 6.31. The van der Waals surface area contributed by atoms with Gasteiger partial charge in [0.15, 0.2) is 11.6 Å². The van der Waals surface area contributed by atoms with Crippen LogP contribution in [0.15, 0.2) is 24.4 Å². The average molecular weight is 301 g/mol. The van der Waals surface area contributed by atoms with E-state index >= 15 is 0 Å². The van der Waals surface area contributed by atoms with Crippen LogP contribution < -0.4 is 11.3 Å². The van der Waals surface area contributed by atoms with Crippen LogP contribution in [0.4, 0.5) is 8.78 Å². The number of hydrazine groups is 1. The number of hydrogen-bond acceptors (Lipinski definition) is 3. The minimum atomic E-state index is -0.948. The van der Waals surface area contributed by atoms with Gasteiger partial charge in [-0.2, -0.15) is 5.10 Å². The molecule has 108 valence electrons. The molecule has 1 unspecified atom stereocenters. The third-order valence-corrected chi connectivity index (χ3v) is 3.29. The quantitative estimate of drug-likeness (QED) is 0.659. The first-order chi connectivity index (χ1) is 9.60. The minimum Gasteiger partial charge on any atom is -0.271 e. The first-order valence-electron chi connectivity index (χ1n) is 6.21. The molecule has 0 aliphatic carbocycles.